The smallest absolute Gasteiger partial charge is 0.310 e. The number of piperidine rings is 1. The number of aromatic nitrogens is 1. The van der Waals surface area contributed by atoms with Crippen molar-refractivity contribution in [1.29, 1.82) is 5.26 Å². The van der Waals surface area contributed by atoms with Crippen LogP contribution >= 0.6 is 0 Å². The van der Waals surface area contributed by atoms with Gasteiger partial charge in [0.15, 0.2) is 0 Å². The molecular formula is C14H17N3O3. The van der Waals surface area contributed by atoms with E-state index in [-0.39, 0.29) is 6.54 Å². The molecule has 1 aromatic heterocycles. The fraction of sp³-hybridized carbons (Fsp3) is 0.500. The van der Waals surface area contributed by atoms with Crippen molar-refractivity contribution in [3.8, 4) is 6.07 Å². The molecule has 1 fully saturated rings. The van der Waals surface area contributed by atoms with E-state index in [1.54, 1.807) is 13.0 Å². The highest BCUT2D eigenvalue weighted by atomic mass is 16.4. The average molecular weight is 275 g/mol. The summed E-state index contributed by atoms with van der Waals surface area (Å²) < 4.78 is 0. The van der Waals surface area contributed by atoms with Crippen LogP contribution in [-0.2, 0) is 4.79 Å². The molecule has 1 aliphatic heterocycles. The Kier molecular flexibility index (Phi) is 3.91. The van der Waals surface area contributed by atoms with E-state index in [2.05, 4.69) is 11.1 Å². The van der Waals surface area contributed by atoms with Gasteiger partial charge in [0.1, 0.15) is 17.8 Å². The highest BCUT2D eigenvalue weighted by molar-refractivity contribution is 5.72. The summed E-state index contributed by atoms with van der Waals surface area (Å²) in [5, 5.41) is 27.9. The summed E-state index contributed by atoms with van der Waals surface area (Å²) in [5.41, 5.74) is 2.02. The molecule has 2 N–H and O–H groups in total. The summed E-state index contributed by atoms with van der Waals surface area (Å²) in [6, 6.07) is 3.91. The SMILES string of the molecule is Cc1cc(N2CC[C@H](O)[C@H](C(=O)O)C2)nc(C)c1C#N. The van der Waals surface area contributed by atoms with E-state index in [1.165, 1.54) is 0 Å². The third-order valence-electron chi connectivity index (χ3n) is 3.71. The van der Waals surface area contributed by atoms with Crippen LogP contribution in [0, 0.1) is 31.1 Å². The van der Waals surface area contributed by atoms with Crippen LogP contribution in [0.1, 0.15) is 23.2 Å². The normalized spacial score (nSPS) is 22.4. The van der Waals surface area contributed by atoms with Crippen molar-refractivity contribution in [1.82, 2.24) is 4.98 Å². The molecule has 2 atom stereocenters. The summed E-state index contributed by atoms with van der Waals surface area (Å²) in [4.78, 5) is 17.4. The molecule has 0 aliphatic carbocycles. The quantitative estimate of drug-likeness (QED) is 0.830. The van der Waals surface area contributed by atoms with Gasteiger partial charge in [-0.3, -0.25) is 4.79 Å². The Labute approximate surface area is 117 Å². The third-order valence-corrected chi connectivity index (χ3v) is 3.71. The first-order valence-electron chi connectivity index (χ1n) is 6.48. The molecule has 0 aromatic carbocycles. The van der Waals surface area contributed by atoms with Gasteiger partial charge in [-0.2, -0.15) is 5.26 Å². The molecule has 1 saturated heterocycles. The van der Waals surface area contributed by atoms with Crippen LogP contribution in [0.2, 0.25) is 0 Å². The van der Waals surface area contributed by atoms with Crippen molar-refractivity contribution in [2.45, 2.75) is 26.4 Å². The summed E-state index contributed by atoms with van der Waals surface area (Å²) in [6.07, 6.45) is -0.416. The zero-order chi connectivity index (χ0) is 14.9. The summed E-state index contributed by atoms with van der Waals surface area (Å²) in [6.45, 7) is 4.39. The van der Waals surface area contributed by atoms with Crippen LogP contribution in [0.5, 0.6) is 0 Å². The van der Waals surface area contributed by atoms with Gasteiger partial charge < -0.3 is 15.1 Å². The highest BCUT2D eigenvalue weighted by Gasteiger charge is 2.33. The summed E-state index contributed by atoms with van der Waals surface area (Å²) in [5.74, 6) is -1.14. The Morgan fingerprint density at radius 3 is 2.80 bits per heavy atom. The molecule has 0 unspecified atom stereocenters. The third kappa shape index (κ3) is 2.58. The lowest BCUT2D eigenvalue weighted by Gasteiger charge is -2.35. The maximum Gasteiger partial charge on any atom is 0.310 e. The molecule has 1 aromatic rings. The maximum atomic E-state index is 11.1. The first kappa shape index (κ1) is 14.3. The number of carbonyl (C=O) groups is 1. The summed E-state index contributed by atoms with van der Waals surface area (Å²) in [7, 11) is 0. The highest BCUT2D eigenvalue weighted by Crippen LogP contribution is 2.25. The standard InChI is InChI=1S/C14H17N3O3/c1-8-5-13(16-9(2)10(8)6-15)17-4-3-12(18)11(7-17)14(19)20/h5,11-12,18H,3-4,7H2,1-2H3,(H,19,20)/t11-,12+/m1/s1. The number of aliphatic hydroxyl groups is 1. The fourth-order valence-electron chi connectivity index (χ4n) is 2.53. The van der Waals surface area contributed by atoms with Crippen molar-refractivity contribution in [3.05, 3.63) is 22.9 Å². The molecule has 0 spiro atoms. The number of hydrogen-bond acceptors (Lipinski definition) is 5. The Morgan fingerprint density at radius 2 is 2.25 bits per heavy atom. The van der Waals surface area contributed by atoms with Gasteiger partial charge >= 0.3 is 5.97 Å². The molecule has 106 valence electrons. The van der Waals surface area contributed by atoms with E-state index in [0.29, 0.717) is 30.0 Å². The number of aliphatic hydroxyl groups excluding tert-OH is 1. The molecule has 20 heavy (non-hydrogen) atoms. The lowest BCUT2D eigenvalue weighted by Crippen LogP contribution is -2.47. The second-order valence-electron chi connectivity index (χ2n) is 5.12. The fourth-order valence-corrected chi connectivity index (χ4v) is 2.53. The molecule has 2 rings (SSSR count). The van der Waals surface area contributed by atoms with E-state index in [4.69, 9.17) is 10.4 Å². The van der Waals surface area contributed by atoms with Crippen LogP contribution in [-0.4, -0.2) is 40.4 Å². The molecule has 0 radical (unpaired) electrons. The van der Waals surface area contributed by atoms with Gasteiger partial charge in [0.25, 0.3) is 0 Å². The van der Waals surface area contributed by atoms with E-state index < -0.39 is 18.0 Å². The number of nitriles is 1. The van der Waals surface area contributed by atoms with Crippen molar-refractivity contribution in [2.24, 2.45) is 5.92 Å². The van der Waals surface area contributed by atoms with Crippen molar-refractivity contribution >= 4 is 11.8 Å². The van der Waals surface area contributed by atoms with Gasteiger partial charge in [-0.25, -0.2) is 4.98 Å². The number of pyridine rings is 1. The number of carboxylic acids is 1. The van der Waals surface area contributed by atoms with E-state index in [0.717, 1.165) is 5.56 Å². The molecule has 0 amide bonds. The van der Waals surface area contributed by atoms with Gasteiger partial charge in [-0.05, 0) is 31.9 Å². The number of hydrogen-bond donors (Lipinski definition) is 2. The minimum Gasteiger partial charge on any atom is -0.481 e. The van der Waals surface area contributed by atoms with Crippen LogP contribution < -0.4 is 4.90 Å². The maximum absolute atomic E-state index is 11.1. The Morgan fingerprint density at radius 1 is 1.55 bits per heavy atom. The minimum absolute atomic E-state index is 0.230. The largest absolute Gasteiger partial charge is 0.481 e. The zero-order valence-electron chi connectivity index (χ0n) is 11.5. The minimum atomic E-state index is -0.996. The van der Waals surface area contributed by atoms with Crippen molar-refractivity contribution in [3.63, 3.8) is 0 Å². The zero-order valence-corrected chi connectivity index (χ0v) is 11.5. The Hall–Kier alpha value is -2.13. The lowest BCUT2D eigenvalue weighted by molar-refractivity contribution is -0.146. The number of aliphatic carboxylic acids is 1. The van der Waals surface area contributed by atoms with Gasteiger partial charge in [0.05, 0.1) is 17.4 Å². The number of aryl methyl sites for hydroxylation is 2. The molecule has 6 heteroatoms. The molecule has 1 aliphatic rings. The van der Waals surface area contributed by atoms with E-state index in [1.807, 2.05) is 11.8 Å². The molecule has 0 saturated carbocycles. The first-order chi connectivity index (χ1) is 9.43. The first-order valence-corrected chi connectivity index (χ1v) is 6.48. The molecule has 0 bridgehead atoms. The van der Waals surface area contributed by atoms with Gasteiger partial charge in [-0.15, -0.1) is 0 Å². The second kappa shape index (κ2) is 5.47. The number of carboxylic acid groups (broad SMARTS) is 1. The molecular weight excluding hydrogens is 258 g/mol. The number of nitrogens with zero attached hydrogens (tertiary/aromatic N) is 3. The van der Waals surface area contributed by atoms with Crippen LogP contribution in [0.15, 0.2) is 6.07 Å². The second-order valence-corrected chi connectivity index (χ2v) is 5.12. The van der Waals surface area contributed by atoms with E-state index >= 15 is 0 Å². The van der Waals surface area contributed by atoms with E-state index in [9.17, 15) is 9.90 Å². The predicted molar refractivity (Wildman–Crippen MR) is 72.4 cm³/mol. The molecule has 6 nitrogen and oxygen atoms in total. The monoisotopic (exact) mass is 275 g/mol. The average Bonchev–Trinajstić information content (AvgIpc) is 2.38. The Balaban J connectivity index is 2.29. The van der Waals surface area contributed by atoms with Crippen LogP contribution in [0.25, 0.3) is 0 Å². The summed E-state index contributed by atoms with van der Waals surface area (Å²) >= 11 is 0. The van der Waals surface area contributed by atoms with Crippen molar-refractivity contribution in [2.75, 3.05) is 18.0 Å². The van der Waals surface area contributed by atoms with Crippen LogP contribution in [0.4, 0.5) is 5.82 Å². The van der Waals surface area contributed by atoms with Crippen molar-refractivity contribution < 1.29 is 15.0 Å². The molecule has 2 heterocycles. The van der Waals surface area contributed by atoms with Gasteiger partial charge in [0.2, 0.25) is 0 Å². The van der Waals surface area contributed by atoms with Crippen LogP contribution in [0.3, 0.4) is 0 Å². The number of anilines is 1. The number of rotatable bonds is 2. The van der Waals surface area contributed by atoms with Gasteiger partial charge in [-0.1, -0.05) is 0 Å². The topological polar surface area (TPSA) is 97.4 Å². The van der Waals surface area contributed by atoms with Gasteiger partial charge in [0, 0.05) is 13.1 Å². The predicted octanol–water partition coefficient (Wildman–Crippen LogP) is 0.842. The Bertz CT molecular complexity index is 557. The lowest BCUT2D eigenvalue weighted by atomic mass is 9.94.